The number of aliphatic hydroxyl groups is 1. The minimum absolute atomic E-state index is 0.175. The van der Waals surface area contributed by atoms with Gasteiger partial charge in [-0.25, -0.2) is 0 Å². The van der Waals surface area contributed by atoms with E-state index in [4.69, 9.17) is 11.6 Å². The van der Waals surface area contributed by atoms with Gasteiger partial charge in [0.1, 0.15) is 0 Å². The molecule has 6 rings (SSSR count). The predicted octanol–water partition coefficient (Wildman–Crippen LogP) is 6.80. The number of alkyl halides is 1. The van der Waals surface area contributed by atoms with Crippen molar-refractivity contribution in [2.45, 2.75) is 103 Å². The van der Waals surface area contributed by atoms with E-state index >= 15 is 0 Å². The van der Waals surface area contributed by atoms with Crippen LogP contribution >= 0.6 is 11.6 Å². The van der Waals surface area contributed by atoms with E-state index in [2.05, 4.69) is 56.1 Å². The Morgan fingerprint density at radius 3 is 2.39 bits per heavy atom. The van der Waals surface area contributed by atoms with Crippen LogP contribution in [0.25, 0.3) is 0 Å². The molecule has 3 nitrogen and oxygen atoms in total. The molecule has 5 atom stereocenters. The predicted molar refractivity (Wildman–Crippen MR) is 152 cm³/mol. The first-order chi connectivity index (χ1) is 17.1. The van der Waals surface area contributed by atoms with E-state index in [-0.39, 0.29) is 10.8 Å². The van der Waals surface area contributed by atoms with Gasteiger partial charge in [-0.15, -0.1) is 11.6 Å². The van der Waals surface area contributed by atoms with Gasteiger partial charge in [-0.1, -0.05) is 45.9 Å². The maximum Gasteiger partial charge on any atom is 0.0553 e. The average molecular weight is 517 g/mol. The molecule has 6 aliphatic rings. The van der Waals surface area contributed by atoms with Gasteiger partial charge in [0.05, 0.1) is 5.38 Å². The van der Waals surface area contributed by atoms with Crippen LogP contribution < -0.4 is 5.32 Å². The van der Waals surface area contributed by atoms with Gasteiger partial charge in [-0.05, 0) is 123 Å². The van der Waals surface area contributed by atoms with Crippen LogP contribution in [0.4, 0.5) is 0 Å². The highest BCUT2D eigenvalue weighted by Crippen LogP contribution is 2.67. The summed E-state index contributed by atoms with van der Waals surface area (Å²) in [4.78, 5) is 2.74. The van der Waals surface area contributed by atoms with Crippen molar-refractivity contribution in [2.75, 3.05) is 32.8 Å². The molecule has 1 saturated heterocycles. The van der Waals surface area contributed by atoms with Gasteiger partial charge in [0, 0.05) is 25.7 Å². The number of aliphatic hydroxyl groups excluding tert-OH is 1. The highest BCUT2D eigenvalue weighted by atomic mass is 35.5. The fourth-order valence-corrected chi connectivity index (χ4v) is 10.1. The summed E-state index contributed by atoms with van der Waals surface area (Å²) in [6, 6.07) is 0.559. The van der Waals surface area contributed by atoms with Crippen molar-refractivity contribution in [3.05, 3.63) is 23.8 Å². The van der Waals surface area contributed by atoms with Crippen LogP contribution in [-0.2, 0) is 0 Å². The first-order valence-electron chi connectivity index (χ1n) is 15.2. The fraction of sp³-hybridized carbons (Fsp3) is 0.875. The van der Waals surface area contributed by atoms with Crippen LogP contribution in [0.2, 0.25) is 0 Å². The molecule has 2 N–H and O–H groups in total. The summed E-state index contributed by atoms with van der Waals surface area (Å²) in [7, 11) is 0. The molecule has 1 aliphatic heterocycles. The van der Waals surface area contributed by atoms with Gasteiger partial charge in [0.25, 0.3) is 0 Å². The number of hydrogen-bond acceptors (Lipinski definition) is 3. The summed E-state index contributed by atoms with van der Waals surface area (Å²) in [5, 5.41) is 14.0. The van der Waals surface area contributed by atoms with Gasteiger partial charge >= 0.3 is 0 Å². The van der Waals surface area contributed by atoms with E-state index in [1.807, 2.05) is 0 Å². The van der Waals surface area contributed by atoms with E-state index in [1.165, 1.54) is 76.6 Å². The molecular weight excluding hydrogens is 464 g/mol. The van der Waals surface area contributed by atoms with Crippen molar-refractivity contribution in [2.24, 2.45) is 39.9 Å². The molecule has 4 saturated carbocycles. The Balaban J connectivity index is 1.15. The average Bonchev–Trinajstić information content (AvgIpc) is 2.77. The lowest BCUT2D eigenvalue weighted by atomic mass is 9.43. The fourth-order valence-electron chi connectivity index (χ4n) is 9.89. The number of piperidine rings is 1. The summed E-state index contributed by atoms with van der Waals surface area (Å²) in [5.41, 5.74) is 2.83. The third-order valence-electron chi connectivity index (χ3n) is 11.1. The van der Waals surface area contributed by atoms with E-state index in [9.17, 15) is 5.11 Å². The van der Waals surface area contributed by atoms with Gasteiger partial charge < -0.3 is 15.3 Å². The molecule has 0 amide bonds. The number of hydrogen-bond donors (Lipinski definition) is 2. The number of likely N-dealkylation sites (tertiary alicyclic amines) is 1. The molecule has 204 valence electrons. The largest absolute Gasteiger partial charge is 0.396 e. The Bertz CT molecular complexity index is 818. The first kappa shape index (κ1) is 27.2. The highest BCUT2D eigenvalue weighted by molar-refractivity contribution is 6.22. The Morgan fingerprint density at radius 1 is 1.11 bits per heavy atom. The van der Waals surface area contributed by atoms with Gasteiger partial charge in [0.15, 0.2) is 0 Å². The summed E-state index contributed by atoms with van der Waals surface area (Å²) >= 11 is 6.29. The zero-order valence-electron chi connectivity index (χ0n) is 23.6. The summed E-state index contributed by atoms with van der Waals surface area (Å²) in [6.07, 6.45) is 20.1. The van der Waals surface area contributed by atoms with Gasteiger partial charge in [0.2, 0.25) is 0 Å². The molecule has 0 aromatic carbocycles. The molecule has 5 aliphatic carbocycles. The normalized spacial score (nSPS) is 40.6. The first-order valence-corrected chi connectivity index (χ1v) is 15.6. The molecule has 0 aromatic rings. The van der Waals surface area contributed by atoms with Gasteiger partial charge in [-0.2, -0.15) is 0 Å². The molecule has 4 unspecified atom stereocenters. The van der Waals surface area contributed by atoms with Crippen LogP contribution in [0.5, 0.6) is 0 Å². The quantitative estimate of drug-likeness (QED) is 0.313. The van der Waals surface area contributed by atoms with Crippen LogP contribution in [0.3, 0.4) is 0 Å². The molecule has 36 heavy (non-hydrogen) atoms. The van der Waals surface area contributed by atoms with Crippen molar-refractivity contribution in [3.63, 3.8) is 0 Å². The number of rotatable bonds is 10. The zero-order valence-corrected chi connectivity index (χ0v) is 24.3. The lowest BCUT2D eigenvalue weighted by Gasteiger charge is -2.62. The summed E-state index contributed by atoms with van der Waals surface area (Å²) in [6.45, 7) is 14.8. The van der Waals surface area contributed by atoms with Crippen molar-refractivity contribution in [1.82, 2.24) is 10.2 Å². The Morgan fingerprint density at radius 2 is 1.81 bits per heavy atom. The molecule has 4 heteroatoms. The molecular formula is C32H53ClN2O. The molecule has 0 spiro atoms. The summed E-state index contributed by atoms with van der Waals surface area (Å²) < 4.78 is 0. The van der Waals surface area contributed by atoms with Crippen LogP contribution in [0.15, 0.2) is 23.8 Å². The Kier molecular flexibility index (Phi) is 8.07. The van der Waals surface area contributed by atoms with Crippen molar-refractivity contribution in [3.8, 4) is 0 Å². The van der Waals surface area contributed by atoms with Crippen LogP contribution in [0.1, 0.15) is 91.9 Å². The maximum absolute atomic E-state index is 9.78. The third-order valence-corrected chi connectivity index (χ3v) is 11.4. The van der Waals surface area contributed by atoms with Crippen molar-refractivity contribution < 1.29 is 5.11 Å². The number of halogens is 1. The Hall–Kier alpha value is -0.350. The van der Waals surface area contributed by atoms with E-state index in [1.54, 1.807) is 0 Å². The number of allylic oxidation sites excluding steroid dienone is 4. The highest BCUT2D eigenvalue weighted by Gasteiger charge is 2.56. The zero-order chi connectivity index (χ0) is 25.6. The smallest absolute Gasteiger partial charge is 0.0553 e. The molecule has 5 fully saturated rings. The lowest BCUT2D eigenvalue weighted by Crippen LogP contribution is -2.54. The molecule has 0 radical (unpaired) electrons. The second-order valence-corrected chi connectivity index (χ2v) is 15.4. The van der Waals surface area contributed by atoms with Gasteiger partial charge in [-0.3, -0.25) is 0 Å². The minimum Gasteiger partial charge on any atom is -0.396 e. The molecule has 0 aromatic heterocycles. The van der Waals surface area contributed by atoms with Crippen molar-refractivity contribution in [1.29, 1.82) is 0 Å². The second-order valence-electron chi connectivity index (χ2n) is 14.9. The minimum atomic E-state index is 0.175. The monoisotopic (exact) mass is 516 g/mol. The van der Waals surface area contributed by atoms with Crippen molar-refractivity contribution >= 4 is 11.6 Å². The second kappa shape index (κ2) is 10.7. The van der Waals surface area contributed by atoms with Crippen LogP contribution in [0, 0.1) is 39.9 Å². The molecule has 1 heterocycles. The van der Waals surface area contributed by atoms with Crippen LogP contribution in [-0.4, -0.2) is 54.2 Å². The lowest BCUT2D eigenvalue weighted by molar-refractivity contribution is -0.121. The third kappa shape index (κ3) is 5.80. The Labute approximate surface area is 226 Å². The summed E-state index contributed by atoms with van der Waals surface area (Å²) in [5.74, 6) is 3.16. The van der Waals surface area contributed by atoms with E-state index < -0.39 is 0 Å². The van der Waals surface area contributed by atoms with E-state index in [0.29, 0.717) is 35.3 Å². The maximum atomic E-state index is 9.78. The van der Waals surface area contributed by atoms with E-state index in [0.717, 1.165) is 31.2 Å². The standard InChI is InChI=1S/C32H53ClN2O/c1-23(2)29(20-35-13-9-28(30(3,4)22-35)26-5-7-27(33)8-6-26)34-12-10-31-16-24-15-25(17-31)19-32(18-24,21-31)11-14-36/h5-7,23-25,27-29,34,36H,8-22H2,1-4H3/t24?,25?,27?,28?,29-,31?,32?/m0/s1. The SMILES string of the molecule is CC(C)[C@H](CN1CCC(C2=CCC(Cl)C=C2)C(C)(C)C1)NCCC12CC3CC(CC(CCO)(C3)C1)C2. The topological polar surface area (TPSA) is 35.5 Å². The number of nitrogens with one attached hydrogen (secondary N) is 1. The molecule has 4 bridgehead atoms. The number of nitrogens with zero attached hydrogens (tertiary/aromatic N) is 1.